The maximum atomic E-state index is 11.9. The lowest BCUT2D eigenvalue weighted by Gasteiger charge is -2.27. The maximum absolute atomic E-state index is 11.9. The molecule has 0 saturated heterocycles. The van der Waals surface area contributed by atoms with Gasteiger partial charge in [-0.1, -0.05) is 20.8 Å². The lowest BCUT2D eigenvalue weighted by atomic mass is 9.98. The van der Waals surface area contributed by atoms with Crippen LogP contribution in [0.2, 0.25) is 0 Å². The number of carbonyl (C=O) groups is 1. The van der Waals surface area contributed by atoms with Crippen LogP contribution in [0.3, 0.4) is 0 Å². The van der Waals surface area contributed by atoms with Crippen LogP contribution in [-0.2, 0) is 4.79 Å². The van der Waals surface area contributed by atoms with Crippen LogP contribution in [0.25, 0.3) is 0 Å². The zero-order valence-corrected chi connectivity index (χ0v) is 10.5. The Morgan fingerprint density at radius 3 is 2.00 bits per heavy atom. The van der Waals surface area contributed by atoms with E-state index in [-0.39, 0.29) is 12.3 Å². The molecule has 0 aromatic rings. The average Bonchev–Trinajstić information content (AvgIpc) is 2.17. The summed E-state index contributed by atoms with van der Waals surface area (Å²) >= 11 is 0. The van der Waals surface area contributed by atoms with Crippen molar-refractivity contribution in [3.8, 4) is 0 Å². The molecule has 3 heteroatoms. The Hall–Kier alpha value is -0.570. The Balaban J connectivity index is 4.24. The van der Waals surface area contributed by atoms with Crippen molar-refractivity contribution in [3.05, 3.63) is 0 Å². The van der Waals surface area contributed by atoms with Gasteiger partial charge in [0.05, 0.1) is 12.0 Å². The third-order valence-corrected chi connectivity index (χ3v) is 2.63. The van der Waals surface area contributed by atoms with E-state index in [0.717, 1.165) is 25.9 Å². The Morgan fingerprint density at radius 1 is 1.20 bits per heavy atom. The third kappa shape index (κ3) is 5.78. The predicted molar refractivity (Wildman–Crippen MR) is 62.7 cm³/mol. The Labute approximate surface area is 93.5 Å². The summed E-state index contributed by atoms with van der Waals surface area (Å²) in [5, 5.41) is 9.83. The van der Waals surface area contributed by atoms with E-state index in [0.29, 0.717) is 6.42 Å². The van der Waals surface area contributed by atoms with Crippen molar-refractivity contribution >= 4 is 5.91 Å². The molecule has 1 amide bonds. The highest BCUT2D eigenvalue weighted by Crippen LogP contribution is 2.15. The van der Waals surface area contributed by atoms with E-state index in [4.69, 9.17) is 0 Å². The van der Waals surface area contributed by atoms with Crippen LogP contribution in [-0.4, -0.2) is 34.6 Å². The first-order valence-electron chi connectivity index (χ1n) is 5.97. The summed E-state index contributed by atoms with van der Waals surface area (Å²) in [6, 6.07) is 0. The van der Waals surface area contributed by atoms with Gasteiger partial charge in [0.25, 0.3) is 0 Å². The first-order valence-corrected chi connectivity index (χ1v) is 5.97. The van der Waals surface area contributed by atoms with E-state index < -0.39 is 5.60 Å². The Bertz CT molecular complexity index is 184. The van der Waals surface area contributed by atoms with Crippen LogP contribution >= 0.6 is 0 Å². The van der Waals surface area contributed by atoms with E-state index in [1.54, 1.807) is 6.92 Å². The van der Waals surface area contributed by atoms with Crippen LogP contribution in [0.5, 0.6) is 0 Å². The summed E-state index contributed by atoms with van der Waals surface area (Å²) in [7, 11) is 0. The zero-order chi connectivity index (χ0) is 11.9. The number of hydrogen-bond acceptors (Lipinski definition) is 2. The second-order valence-corrected chi connectivity index (χ2v) is 4.41. The molecule has 0 saturated carbocycles. The number of amides is 1. The predicted octanol–water partition coefficient (Wildman–Crippen LogP) is 2.19. The fourth-order valence-electron chi connectivity index (χ4n) is 1.46. The van der Waals surface area contributed by atoms with Crippen molar-refractivity contribution in [2.45, 2.75) is 59.0 Å². The molecule has 0 fully saturated rings. The van der Waals surface area contributed by atoms with E-state index in [1.807, 2.05) is 11.8 Å². The summed E-state index contributed by atoms with van der Waals surface area (Å²) in [4.78, 5) is 13.7. The topological polar surface area (TPSA) is 40.5 Å². The molecule has 0 heterocycles. The van der Waals surface area contributed by atoms with Crippen LogP contribution in [0.1, 0.15) is 53.4 Å². The summed E-state index contributed by atoms with van der Waals surface area (Å²) in [6.45, 7) is 9.35. The van der Waals surface area contributed by atoms with Gasteiger partial charge in [0, 0.05) is 13.1 Å². The van der Waals surface area contributed by atoms with Crippen LogP contribution in [0.15, 0.2) is 0 Å². The Morgan fingerprint density at radius 2 is 1.67 bits per heavy atom. The van der Waals surface area contributed by atoms with E-state index >= 15 is 0 Å². The normalized spacial score (nSPS) is 14.7. The van der Waals surface area contributed by atoms with Crippen LogP contribution in [0.4, 0.5) is 0 Å². The minimum Gasteiger partial charge on any atom is -0.390 e. The molecule has 0 aromatic heterocycles. The van der Waals surface area contributed by atoms with Crippen molar-refractivity contribution in [1.29, 1.82) is 0 Å². The van der Waals surface area contributed by atoms with Crippen molar-refractivity contribution < 1.29 is 9.90 Å². The number of nitrogens with zero attached hydrogens (tertiary/aromatic N) is 1. The van der Waals surface area contributed by atoms with Gasteiger partial charge in [-0.15, -0.1) is 0 Å². The minimum atomic E-state index is -0.850. The third-order valence-electron chi connectivity index (χ3n) is 2.63. The SMILES string of the molecule is CCCN(CCC)C(=O)CC(C)(O)CC. The van der Waals surface area contributed by atoms with Gasteiger partial charge in [0.15, 0.2) is 0 Å². The van der Waals surface area contributed by atoms with Gasteiger partial charge < -0.3 is 10.0 Å². The molecule has 0 spiro atoms. The molecule has 0 bridgehead atoms. The van der Waals surface area contributed by atoms with Crippen molar-refractivity contribution in [3.63, 3.8) is 0 Å². The lowest BCUT2D eigenvalue weighted by molar-refractivity contribution is -0.136. The van der Waals surface area contributed by atoms with Crippen molar-refractivity contribution in [2.75, 3.05) is 13.1 Å². The fraction of sp³-hybridized carbons (Fsp3) is 0.917. The second kappa shape index (κ2) is 6.83. The molecule has 90 valence electrons. The summed E-state index contributed by atoms with van der Waals surface area (Å²) in [5.74, 6) is 0.0746. The molecule has 1 atom stereocenters. The second-order valence-electron chi connectivity index (χ2n) is 4.41. The maximum Gasteiger partial charge on any atom is 0.225 e. The van der Waals surface area contributed by atoms with Gasteiger partial charge in [-0.3, -0.25) is 4.79 Å². The van der Waals surface area contributed by atoms with Crippen LogP contribution in [0, 0.1) is 0 Å². The average molecular weight is 215 g/mol. The van der Waals surface area contributed by atoms with Crippen LogP contribution < -0.4 is 0 Å². The van der Waals surface area contributed by atoms with E-state index in [9.17, 15) is 9.90 Å². The standard InChI is InChI=1S/C12H25NO2/c1-5-8-13(9-6-2)11(14)10-12(4,15)7-3/h15H,5-10H2,1-4H3. The molecular weight excluding hydrogens is 190 g/mol. The first-order chi connectivity index (χ1) is 6.96. The molecule has 0 radical (unpaired) electrons. The molecule has 3 nitrogen and oxygen atoms in total. The lowest BCUT2D eigenvalue weighted by Crippen LogP contribution is -2.38. The molecule has 0 aromatic carbocycles. The van der Waals surface area contributed by atoms with Gasteiger partial charge in [-0.25, -0.2) is 0 Å². The van der Waals surface area contributed by atoms with Gasteiger partial charge in [-0.2, -0.15) is 0 Å². The van der Waals surface area contributed by atoms with Gasteiger partial charge in [0.2, 0.25) is 5.91 Å². The minimum absolute atomic E-state index is 0.0746. The van der Waals surface area contributed by atoms with Crippen molar-refractivity contribution in [2.24, 2.45) is 0 Å². The highest BCUT2D eigenvalue weighted by Gasteiger charge is 2.24. The Kier molecular flexibility index (Phi) is 6.57. The fourth-order valence-corrected chi connectivity index (χ4v) is 1.46. The highest BCUT2D eigenvalue weighted by atomic mass is 16.3. The smallest absolute Gasteiger partial charge is 0.225 e. The number of hydrogen-bond donors (Lipinski definition) is 1. The molecule has 15 heavy (non-hydrogen) atoms. The summed E-state index contributed by atoms with van der Waals surface area (Å²) in [5.41, 5.74) is -0.850. The zero-order valence-electron chi connectivity index (χ0n) is 10.5. The molecular formula is C12H25NO2. The monoisotopic (exact) mass is 215 g/mol. The van der Waals surface area contributed by atoms with Gasteiger partial charge in [-0.05, 0) is 26.2 Å². The quantitative estimate of drug-likeness (QED) is 0.707. The molecule has 0 aliphatic rings. The summed E-state index contributed by atoms with van der Waals surface area (Å²) < 4.78 is 0. The van der Waals surface area contributed by atoms with Gasteiger partial charge in [0.1, 0.15) is 0 Å². The molecule has 1 N–H and O–H groups in total. The van der Waals surface area contributed by atoms with Crippen molar-refractivity contribution in [1.82, 2.24) is 4.90 Å². The summed E-state index contributed by atoms with van der Waals surface area (Å²) in [6.07, 6.45) is 2.80. The number of aliphatic hydroxyl groups is 1. The molecule has 0 rings (SSSR count). The largest absolute Gasteiger partial charge is 0.390 e. The number of carbonyl (C=O) groups excluding carboxylic acids is 1. The van der Waals surface area contributed by atoms with E-state index in [2.05, 4.69) is 13.8 Å². The molecule has 1 unspecified atom stereocenters. The number of rotatable bonds is 7. The van der Waals surface area contributed by atoms with Gasteiger partial charge >= 0.3 is 0 Å². The first kappa shape index (κ1) is 14.4. The molecule has 0 aliphatic carbocycles. The van der Waals surface area contributed by atoms with E-state index in [1.165, 1.54) is 0 Å². The molecule has 0 aliphatic heterocycles. The highest BCUT2D eigenvalue weighted by molar-refractivity contribution is 5.77.